The van der Waals surface area contributed by atoms with Crippen LogP contribution < -0.4 is 10.0 Å². The Bertz CT molecular complexity index is 76.4. The van der Waals surface area contributed by atoms with Crippen LogP contribution >= 0.6 is 12.8 Å². The minimum absolute atomic E-state index is 0.241. The highest BCUT2D eigenvalue weighted by molar-refractivity contribution is 7.78. The Morgan fingerprint density at radius 1 is 1.75 bits per heavy atom. The van der Waals surface area contributed by atoms with E-state index in [4.69, 9.17) is 0 Å². The Morgan fingerprint density at radius 2 is 2.38 bits per heavy atom. The maximum atomic E-state index is 10.3. The molecule has 0 aromatic heterocycles. The van der Waals surface area contributed by atoms with Crippen LogP contribution in [0.25, 0.3) is 0 Å². The van der Waals surface area contributed by atoms with Gasteiger partial charge >= 0.3 is 6.03 Å². The Labute approximate surface area is 54.4 Å². The summed E-state index contributed by atoms with van der Waals surface area (Å²) in [5.41, 5.74) is 0. The number of nitrogens with one attached hydrogen (secondary N) is 2. The van der Waals surface area contributed by atoms with Crippen LogP contribution in [0.1, 0.15) is 13.3 Å². The van der Waals surface area contributed by atoms with E-state index in [2.05, 4.69) is 22.9 Å². The lowest BCUT2D eigenvalue weighted by molar-refractivity contribution is 0.246. The van der Waals surface area contributed by atoms with E-state index in [1.165, 1.54) is 0 Å². The molecule has 0 saturated heterocycles. The number of carbonyl (C=O) groups excluding carboxylic acids is 1. The summed E-state index contributed by atoms with van der Waals surface area (Å²) in [5.74, 6) is 0. The van der Waals surface area contributed by atoms with E-state index in [1.807, 2.05) is 6.92 Å². The maximum absolute atomic E-state index is 10.3. The van der Waals surface area contributed by atoms with Gasteiger partial charge < -0.3 is 5.32 Å². The minimum atomic E-state index is -0.241. The predicted octanol–water partition coefficient (Wildman–Crippen LogP) is 0.540. The van der Waals surface area contributed by atoms with Crippen molar-refractivity contribution in [2.24, 2.45) is 0 Å². The first kappa shape index (κ1) is 7.62. The van der Waals surface area contributed by atoms with Gasteiger partial charge in [0.05, 0.1) is 0 Å². The highest BCUT2D eigenvalue weighted by Gasteiger charge is 1.89. The van der Waals surface area contributed by atoms with Crippen LogP contribution in [-0.2, 0) is 0 Å². The third kappa shape index (κ3) is 3.80. The van der Waals surface area contributed by atoms with Gasteiger partial charge in [0.25, 0.3) is 0 Å². The lowest BCUT2D eigenvalue weighted by atomic mass is 10.5. The van der Waals surface area contributed by atoms with Gasteiger partial charge in [-0.25, -0.2) is 4.79 Å². The molecule has 0 atom stereocenters. The molecule has 0 aromatic carbocycles. The molecule has 0 radical (unpaired) electrons. The molecule has 8 heavy (non-hydrogen) atoms. The molecule has 0 fully saturated rings. The summed E-state index contributed by atoms with van der Waals surface area (Å²) in [6.45, 7) is 2.69. The number of urea groups is 1. The summed E-state index contributed by atoms with van der Waals surface area (Å²) < 4.78 is 2.14. The third-order valence-electron chi connectivity index (χ3n) is 0.637. The van der Waals surface area contributed by atoms with E-state index >= 15 is 0 Å². The molecule has 0 aliphatic carbocycles. The first-order chi connectivity index (χ1) is 3.81. The van der Waals surface area contributed by atoms with Crippen molar-refractivity contribution in [2.45, 2.75) is 13.3 Å². The number of thiol groups is 1. The number of hydrogen-bond donors (Lipinski definition) is 3. The van der Waals surface area contributed by atoms with Crippen LogP contribution in [0.15, 0.2) is 0 Å². The van der Waals surface area contributed by atoms with Crippen molar-refractivity contribution >= 4 is 18.8 Å². The Hall–Kier alpha value is -0.380. The molecule has 0 rings (SSSR count). The molecule has 0 spiro atoms. The van der Waals surface area contributed by atoms with E-state index in [0.717, 1.165) is 6.42 Å². The Morgan fingerprint density at radius 3 is 2.75 bits per heavy atom. The van der Waals surface area contributed by atoms with Gasteiger partial charge in [-0.05, 0) is 6.42 Å². The van der Waals surface area contributed by atoms with Crippen molar-refractivity contribution in [1.82, 2.24) is 10.0 Å². The van der Waals surface area contributed by atoms with Crippen LogP contribution in [0.5, 0.6) is 0 Å². The van der Waals surface area contributed by atoms with Crippen molar-refractivity contribution in [1.29, 1.82) is 0 Å². The van der Waals surface area contributed by atoms with Crippen molar-refractivity contribution in [3.05, 3.63) is 0 Å². The summed E-state index contributed by atoms with van der Waals surface area (Å²) >= 11 is 3.53. The zero-order chi connectivity index (χ0) is 6.41. The molecule has 0 aliphatic rings. The van der Waals surface area contributed by atoms with Gasteiger partial charge in [0.15, 0.2) is 0 Å². The quantitative estimate of drug-likeness (QED) is 0.474. The van der Waals surface area contributed by atoms with Crippen LogP contribution in [0, 0.1) is 0 Å². The van der Waals surface area contributed by atoms with Crippen LogP contribution in [0.2, 0.25) is 0 Å². The zero-order valence-corrected chi connectivity index (χ0v) is 5.66. The Kier molecular flexibility index (Phi) is 4.54. The summed E-state index contributed by atoms with van der Waals surface area (Å²) in [4.78, 5) is 10.3. The highest BCUT2D eigenvalue weighted by atomic mass is 32.1. The number of rotatable bonds is 2. The van der Waals surface area contributed by atoms with Crippen LogP contribution in [-0.4, -0.2) is 12.6 Å². The van der Waals surface area contributed by atoms with Gasteiger partial charge in [-0.1, -0.05) is 19.7 Å². The van der Waals surface area contributed by atoms with Crippen molar-refractivity contribution in [3.63, 3.8) is 0 Å². The average Bonchev–Trinajstić information content (AvgIpc) is 1.83. The normalized spacial score (nSPS) is 8.25. The van der Waals surface area contributed by atoms with Gasteiger partial charge in [-0.3, -0.25) is 4.72 Å². The first-order valence-electron chi connectivity index (χ1n) is 2.49. The van der Waals surface area contributed by atoms with E-state index in [-0.39, 0.29) is 6.03 Å². The van der Waals surface area contributed by atoms with Crippen molar-refractivity contribution in [2.75, 3.05) is 6.54 Å². The maximum Gasteiger partial charge on any atom is 0.324 e. The van der Waals surface area contributed by atoms with E-state index in [1.54, 1.807) is 0 Å². The van der Waals surface area contributed by atoms with E-state index in [0.29, 0.717) is 6.54 Å². The largest absolute Gasteiger partial charge is 0.337 e. The van der Waals surface area contributed by atoms with Crippen molar-refractivity contribution in [3.8, 4) is 0 Å². The summed E-state index contributed by atoms with van der Waals surface area (Å²) in [5, 5.41) is 2.56. The summed E-state index contributed by atoms with van der Waals surface area (Å²) in [7, 11) is 0. The smallest absolute Gasteiger partial charge is 0.324 e. The SMILES string of the molecule is CCCNC(=O)NS. The second-order valence-electron chi connectivity index (χ2n) is 1.37. The number of hydrogen-bond acceptors (Lipinski definition) is 2. The second kappa shape index (κ2) is 4.77. The lowest BCUT2D eigenvalue weighted by Crippen LogP contribution is -2.30. The molecule has 0 saturated carbocycles. The second-order valence-corrected chi connectivity index (χ2v) is 1.59. The van der Waals surface area contributed by atoms with Gasteiger partial charge in [-0.15, -0.1) is 0 Å². The predicted molar refractivity (Wildman–Crippen MR) is 35.8 cm³/mol. The fraction of sp³-hybridized carbons (Fsp3) is 0.750. The molecule has 2 amide bonds. The molecular weight excluding hydrogens is 124 g/mol. The third-order valence-corrected chi connectivity index (χ3v) is 0.840. The van der Waals surface area contributed by atoms with Gasteiger partial charge in [0.2, 0.25) is 0 Å². The fourth-order valence-electron chi connectivity index (χ4n) is 0.278. The van der Waals surface area contributed by atoms with Crippen LogP contribution in [0.4, 0.5) is 4.79 Å². The molecule has 0 aromatic rings. The average molecular weight is 134 g/mol. The molecule has 4 heteroatoms. The highest BCUT2D eigenvalue weighted by Crippen LogP contribution is 1.70. The molecule has 3 nitrogen and oxygen atoms in total. The Balaban J connectivity index is 2.99. The fourth-order valence-corrected chi connectivity index (χ4v) is 0.357. The van der Waals surface area contributed by atoms with Gasteiger partial charge in [0.1, 0.15) is 0 Å². The molecule has 48 valence electrons. The van der Waals surface area contributed by atoms with Crippen molar-refractivity contribution < 1.29 is 4.79 Å². The molecule has 2 N–H and O–H groups in total. The van der Waals surface area contributed by atoms with E-state index in [9.17, 15) is 4.79 Å². The van der Waals surface area contributed by atoms with Gasteiger partial charge in [-0.2, -0.15) is 0 Å². The summed E-state index contributed by atoms with van der Waals surface area (Å²) in [6, 6.07) is -0.241. The molecular formula is C4H10N2OS. The zero-order valence-electron chi connectivity index (χ0n) is 4.77. The monoisotopic (exact) mass is 134 g/mol. The molecule has 0 aliphatic heterocycles. The number of carbonyl (C=O) groups is 1. The number of amides is 2. The molecule has 0 bridgehead atoms. The summed E-state index contributed by atoms with van der Waals surface area (Å²) in [6.07, 6.45) is 0.946. The molecule has 0 unspecified atom stereocenters. The lowest BCUT2D eigenvalue weighted by Gasteiger charge is -1.98. The first-order valence-corrected chi connectivity index (χ1v) is 2.94. The van der Waals surface area contributed by atoms with Gasteiger partial charge in [0, 0.05) is 6.54 Å². The van der Waals surface area contributed by atoms with E-state index < -0.39 is 0 Å². The molecule has 0 heterocycles. The topological polar surface area (TPSA) is 41.1 Å². The van der Waals surface area contributed by atoms with Crippen LogP contribution in [0.3, 0.4) is 0 Å². The minimum Gasteiger partial charge on any atom is -0.337 e. The standard InChI is InChI=1S/C4H10N2OS/c1-2-3-5-4(7)6-8/h8H,2-3H2,1H3,(H2,5,6,7).